The Balaban J connectivity index is 1.72. The summed E-state index contributed by atoms with van der Waals surface area (Å²) in [5, 5.41) is 5.53. The van der Waals surface area contributed by atoms with Gasteiger partial charge in [0.1, 0.15) is 0 Å². The Bertz CT molecular complexity index is 993. The third-order valence-corrected chi connectivity index (χ3v) is 5.35. The lowest BCUT2D eigenvalue weighted by Crippen LogP contribution is -2.41. The van der Waals surface area contributed by atoms with Crippen LogP contribution in [0.5, 0.6) is 0 Å². The van der Waals surface area contributed by atoms with Crippen molar-refractivity contribution in [3.8, 4) is 0 Å². The molecule has 0 radical (unpaired) electrons. The van der Waals surface area contributed by atoms with Gasteiger partial charge in [-0.2, -0.15) is 5.10 Å². The molecule has 134 valence electrons. The molecule has 2 N–H and O–H groups in total. The maximum Gasteiger partial charge on any atom is 0.225 e. The number of hydrogen-bond acceptors (Lipinski definition) is 4. The van der Waals surface area contributed by atoms with E-state index in [0.717, 1.165) is 46.5 Å². The van der Waals surface area contributed by atoms with Crippen molar-refractivity contribution in [1.29, 1.82) is 0 Å². The number of aromatic nitrogens is 3. The first-order valence-corrected chi connectivity index (χ1v) is 8.89. The number of amides is 1. The van der Waals surface area contributed by atoms with Crippen molar-refractivity contribution in [2.45, 2.75) is 38.8 Å². The topological polar surface area (TPSA) is 77.0 Å². The molecule has 0 bridgehead atoms. The number of nitrogens with zero attached hydrogens (tertiary/aromatic N) is 4. The third-order valence-electron chi connectivity index (χ3n) is 5.35. The number of anilines is 1. The monoisotopic (exact) mass is 349 g/mol. The van der Waals surface area contributed by atoms with E-state index in [1.54, 1.807) is 0 Å². The summed E-state index contributed by atoms with van der Waals surface area (Å²) in [5.74, 6) is -0.475. The summed E-state index contributed by atoms with van der Waals surface area (Å²) in [6, 6.07) is 10.4. The zero-order valence-electron chi connectivity index (χ0n) is 15.3. The smallest absolute Gasteiger partial charge is 0.225 e. The lowest BCUT2D eigenvalue weighted by atomic mass is 9.85. The van der Waals surface area contributed by atoms with Gasteiger partial charge in [0.05, 0.1) is 11.6 Å². The van der Waals surface area contributed by atoms with Crippen molar-refractivity contribution in [3.05, 3.63) is 53.3 Å². The van der Waals surface area contributed by atoms with Crippen LogP contribution in [0.15, 0.2) is 36.5 Å². The van der Waals surface area contributed by atoms with Crippen molar-refractivity contribution in [1.82, 2.24) is 14.8 Å². The second-order valence-electron chi connectivity index (χ2n) is 7.15. The van der Waals surface area contributed by atoms with Crippen LogP contribution in [-0.2, 0) is 18.4 Å². The summed E-state index contributed by atoms with van der Waals surface area (Å²) in [7, 11) is 1.91. The number of carbonyl (C=O) groups is 1. The Morgan fingerprint density at radius 2 is 2.12 bits per heavy atom. The van der Waals surface area contributed by atoms with Gasteiger partial charge in [-0.05, 0) is 43.5 Å². The highest BCUT2D eigenvalue weighted by molar-refractivity contribution is 5.85. The summed E-state index contributed by atoms with van der Waals surface area (Å²) >= 11 is 0. The average molecular weight is 349 g/mol. The minimum atomic E-state index is -0.252. The molecular formula is C20H23N5O. The predicted molar refractivity (Wildman–Crippen MR) is 102 cm³/mol. The maximum atomic E-state index is 11.9. The van der Waals surface area contributed by atoms with Gasteiger partial charge >= 0.3 is 0 Å². The largest absolute Gasteiger partial charge is 0.369 e. The first-order chi connectivity index (χ1) is 12.5. The van der Waals surface area contributed by atoms with Gasteiger partial charge < -0.3 is 10.6 Å². The van der Waals surface area contributed by atoms with Gasteiger partial charge in [0, 0.05) is 36.9 Å². The standard InChI is InChI=1S/C20H23N5O/c1-12-8-17(19(21)26)15-6-4-5-7-18(15)25(12)11-14-9-16-13(2)23-24(3)20(16)22-10-14/h4-7,9-10,12,17H,8,11H2,1-3H3,(H2,21,26)/t12-,17+/m0/s1. The van der Waals surface area contributed by atoms with E-state index < -0.39 is 0 Å². The van der Waals surface area contributed by atoms with E-state index in [-0.39, 0.29) is 17.9 Å². The second-order valence-corrected chi connectivity index (χ2v) is 7.15. The number of primary amides is 1. The van der Waals surface area contributed by atoms with Crippen LogP contribution in [0.3, 0.4) is 0 Å². The van der Waals surface area contributed by atoms with Crippen LogP contribution in [0.25, 0.3) is 11.0 Å². The van der Waals surface area contributed by atoms with E-state index in [2.05, 4.69) is 34.0 Å². The number of nitrogens with two attached hydrogens (primary N) is 1. The second kappa shape index (κ2) is 6.12. The van der Waals surface area contributed by atoms with Crippen LogP contribution in [0.2, 0.25) is 0 Å². The van der Waals surface area contributed by atoms with Gasteiger partial charge in [-0.3, -0.25) is 9.48 Å². The Morgan fingerprint density at radius 3 is 2.88 bits per heavy atom. The molecule has 4 rings (SSSR count). The molecule has 3 heterocycles. The van der Waals surface area contributed by atoms with Crippen LogP contribution < -0.4 is 10.6 Å². The molecule has 1 aliphatic rings. The molecule has 2 atom stereocenters. The lowest BCUT2D eigenvalue weighted by molar-refractivity contribution is -0.119. The molecule has 1 aromatic carbocycles. The molecule has 0 saturated heterocycles. The lowest BCUT2D eigenvalue weighted by Gasteiger charge is -2.40. The number of para-hydroxylation sites is 1. The first kappa shape index (κ1) is 16.6. The molecule has 6 heteroatoms. The van der Waals surface area contributed by atoms with Crippen molar-refractivity contribution >= 4 is 22.6 Å². The summed E-state index contributed by atoms with van der Waals surface area (Å²) in [4.78, 5) is 18.8. The van der Waals surface area contributed by atoms with Crippen LogP contribution >= 0.6 is 0 Å². The van der Waals surface area contributed by atoms with Crippen molar-refractivity contribution in [2.24, 2.45) is 12.8 Å². The summed E-state index contributed by atoms with van der Waals surface area (Å²) in [6.45, 7) is 4.89. The fourth-order valence-corrected chi connectivity index (χ4v) is 4.02. The Morgan fingerprint density at radius 1 is 1.35 bits per heavy atom. The molecule has 2 aromatic heterocycles. The van der Waals surface area contributed by atoms with Crippen molar-refractivity contribution in [2.75, 3.05) is 4.90 Å². The van der Waals surface area contributed by atoms with Crippen LogP contribution in [0, 0.1) is 6.92 Å². The zero-order chi connectivity index (χ0) is 18.4. The number of carbonyl (C=O) groups excluding carboxylic acids is 1. The normalized spacial score (nSPS) is 19.6. The molecule has 1 amide bonds. The Labute approximate surface area is 152 Å². The highest BCUT2D eigenvalue weighted by Gasteiger charge is 2.32. The number of fused-ring (bicyclic) bond motifs is 2. The third kappa shape index (κ3) is 2.62. The Kier molecular flexibility index (Phi) is 3.90. The zero-order valence-corrected chi connectivity index (χ0v) is 15.3. The predicted octanol–water partition coefficient (Wildman–Crippen LogP) is 2.64. The van der Waals surface area contributed by atoms with Gasteiger partial charge in [0.15, 0.2) is 5.65 Å². The molecule has 0 unspecified atom stereocenters. The number of aryl methyl sites for hydroxylation is 2. The first-order valence-electron chi connectivity index (χ1n) is 8.89. The Hall–Kier alpha value is -2.89. The van der Waals surface area contributed by atoms with E-state index in [4.69, 9.17) is 5.73 Å². The van der Waals surface area contributed by atoms with Gasteiger partial charge in [-0.15, -0.1) is 0 Å². The molecule has 26 heavy (non-hydrogen) atoms. The molecule has 3 aromatic rings. The fraction of sp³-hybridized carbons (Fsp3) is 0.350. The summed E-state index contributed by atoms with van der Waals surface area (Å²) in [6.07, 6.45) is 2.65. The van der Waals surface area contributed by atoms with Gasteiger partial charge in [-0.25, -0.2) is 4.98 Å². The number of rotatable bonds is 3. The SMILES string of the molecule is Cc1nn(C)c2ncc(CN3c4ccccc4[C@H](C(N)=O)C[C@@H]3C)cc12. The van der Waals surface area contributed by atoms with Crippen molar-refractivity contribution in [3.63, 3.8) is 0 Å². The van der Waals surface area contributed by atoms with E-state index in [9.17, 15) is 4.79 Å². The van der Waals surface area contributed by atoms with Gasteiger partial charge in [0.2, 0.25) is 5.91 Å². The number of hydrogen-bond donors (Lipinski definition) is 1. The highest BCUT2D eigenvalue weighted by Crippen LogP contribution is 2.39. The molecule has 6 nitrogen and oxygen atoms in total. The fourth-order valence-electron chi connectivity index (χ4n) is 4.02. The van der Waals surface area contributed by atoms with Crippen LogP contribution in [0.4, 0.5) is 5.69 Å². The molecular weight excluding hydrogens is 326 g/mol. The molecule has 0 aliphatic carbocycles. The molecule has 0 spiro atoms. The van der Waals surface area contributed by atoms with E-state index in [1.807, 2.05) is 43.0 Å². The van der Waals surface area contributed by atoms with Crippen LogP contribution in [0.1, 0.15) is 36.1 Å². The van der Waals surface area contributed by atoms with Crippen molar-refractivity contribution < 1.29 is 4.79 Å². The number of benzene rings is 1. The van der Waals surface area contributed by atoms with E-state index >= 15 is 0 Å². The molecule has 0 fully saturated rings. The quantitative estimate of drug-likeness (QED) is 0.788. The van der Waals surface area contributed by atoms with E-state index in [0.29, 0.717) is 0 Å². The molecule has 0 saturated carbocycles. The highest BCUT2D eigenvalue weighted by atomic mass is 16.1. The van der Waals surface area contributed by atoms with Gasteiger partial charge in [-0.1, -0.05) is 18.2 Å². The minimum Gasteiger partial charge on any atom is -0.369 e. The van der Waals surface area contributed by atoms with Gasteiger partial charge in [0.25, 0.3) is 0 Å². The minimum absolute atomic E-state index is 0.216. The number of pyridine rings is 1. The summed E-state index contributed by atoms with van der Waals surface area (Å²) < 4.78 is 1.81. The van der Waals surface area contributed by atoms with E-state index in [1.165, 1.54) is 0 Å². The average Bonchev–Trinajstić information content (AvgIpc) is 2.90. The summed E-state index contributed by atoms with van der Waals surface area (Å²) in [5.41, 5.74) is 10.8. The maximum absolute atomic E-state index is 11.9. The molecule has 1 aliphatic heterocycles. The van der Waals surface area contributed by atoms with Crippen LogP contribution in [-0.4, -0.2) is 26.7 Å².